The third-order valence-corrected chi connectivity index (χ3v) is 2.47. The highest BCUT2D eigenvalue weighted by atomic mass is 19.2. The topological polar surface area (TPSA) is 21.3 Å². The number of methoxy groups -OCH3 is 1. The number of ether oxygens (including phenoxy) is 1. The fourth-order valence-electron chi connectivity index (χ4n) is 1.49. The second-order valence-electron chi connectivity index (χ2n) is 3.96. The monoisotopic (exact) mass is 255 g/mol. The fourth-order valence-corrected chi connectivity index (χ4v) is 1.49. The lowest BCUT2D eigenvalue weighted by Crippen LogP contribution is -2.19. The third kappa shape index (κ3) is 5.89. The van der Waals surface area contributed by atoms with Crippen molar-refractivity contribution in [2.24, 2.45) is 0 Å². The Kier molecular flexibility index (Phi) is 7.22. The molecule has 0 saturated heterocycles. The molecule has 0 bridgehead atoms. The first-order chi connectivity index (χ1) is 8.74. The molecule has 2 nitrogen and oxygen atoms in total. The van der Waals surface area contributed by atoms with Gasteiger partial charge in [-0.25, -0.2) is 8.78 Å². The Morgan fingerprint density at radius 1 is 1.17 bits per heavy atom. The van der Waals surface area contributed by atoms with Crippen molar-refractivity contribution in [2.75, 3.05) is 26.8 Å². The van der Waals surface area contributed by atoms with Gasteiger partial charge in [-0.15, -0.1) is 0 Å². The second kappa shape index (κ2) is 8.78. The van der Waals surface area contributed by atoms with Gasteiger partial charge in [0.15, 0.2) is 11.6 Å². The van der Waals surface area contributed by atoms with Crippen LogP contribution in [-0.4, -0.2) is 26.8 Å². The molecular weight excluding hydrogens is 236 g/mol. The zero-order valence-corrected chi connectivity index (χ0v) is 10.6. The molecule has 0 atom stereocenters. The number of hydrogen-bond acceptors (Lipinski definition) is 2. The number of allylic oxidation sites excluding steroid dienone is 1. The smallest absolute Gasteiger partial charge is 0.159 e. The maximum atomic E-state index is 12.9. The summed E-state index contributed by atoms with van der Waals surface area (Å²) in [6.07, 6.45) is 5.52. The maximum Gasteiger partial charge on any atom is 0.159 e. The van der Waals surface area contributed by atoms with E-state index in [2.05, 4.69) is 5.32 Å². The van der Waals surface area contributed by atoms with E-state index in [9.17, 15) is 8.78 Å². The van der Waals surface area contributed by atoms with Gasteiger partial charge in [0.25, 0.3) is 0 Å². The predicted octanol–water partition coefficient (Wildman–Crippen LogP) is 2.69. The van der Waals surface area contributed by atoms with Crippen LogP contribution in [0.25, 0.3) is 0 Å². The van der Waals surface area contributed by atoms with Gasteiger partial charge < -0.3 is 10.1 Å². The van der Waals surface area contributed by atoms with E-state index < -0.39 is 11.6 Å². The Morgan fingerprint density at radius 3 is 2.72 bits per heavy atom. The van der Waals surface area contributed by atoms with Crippen LogP contribution in [0.4, 0.5) is 8.78 Å². The summed E-state index contributed by atoms with van der Waals surface area (Å²) < 4.78 is 30.5. The molecule has 4 heteroatoms. The Labute approximate surface area is 107 Å². The first kappa shape index (κ1) is 14.8. The summed E-state index contributed by atoms with van der Waals surface area (Å²) in [4.78, 5) is 0. The first-order valence-corrected chi connectivity index (χ1v) is 6.02. The van der Waals surface area contributed by atoms with Gasteiger partial charge in [-0.05, 0) is 37.1 Å². The first-order valence-electron chi connectivity index (χ1n) is 6.02. The quantitative estimate of drug-likeness (QED) is 0.569. The van der Waals surface area contributed by atoms with Gasteiger partial charge in [0.05, 0.1) is 6.61 Å². The van der Waals surface area contributed by atoms with Gasteiger partial charge in [-0.3, -0.25) is 0 Å². The molecule has 1 aromatic carbocycles. The third-order valence-electron chi connectivity index (χ3n) is 2.47. The van der Waals surface area contributed by atoms with Gasteiger partial charge >= 0.3 is 0 Å². The van der Waals surface area contributed by atoms with Gasteiger partial charge in [-0.1, -0.05) is 18.2 Å². The molecule has 1 aromatic rings. The van der Waals surface area contributed by atoms with E-state index >= 15 is 0 Å². The normalized spacial score (nSPS) is 11.3. The standard InChI is InChI=1S/C14H19F2NO/c1-18-10-9-17-8-4-2-3-5-12-6-7-13(15)14(16)11-12/h2-3,6-7,11,17H,4-5,8-10H2,1H3/b3-2+. The van der Waals surface area contributed by atoms with E-state index in [0.717, 1.165) is 31.1 Å². The number of rotatable bonds is 8. The van der Waals surface area contributed by atoms with Crippen molar-refractivity contribution in [1.29, 1.82) is 0 Å². The molecule has 0 spiro atoms. The summed E-state index contributed by atoms with van der Waals surface area (Å²) >= 11 is 0. The lowest BCUT2D eigenvalue weighted by molar-refractivity contribution is 0.199. The van der Waals surface area contributed by atoms with Crippen LogP contribution in [0.15, 0.2) is 30.4 Å². The summed E-state index contributed by atoms with van der Waals surface area (Å²) in [7, 11) is 1.67. The summed E-state index contributed by atoms with van der Waals surface area (Å²) in [5, 5.41) is 3.22. The molecule has 0 aliphatic carbocycles. The van der Waals surface area contributed by atoms with Gasteiger partial charge in [0, 0.05) is 13.7 Å². The minimum atomic E-state index is -0.801. The highest BCUT2D eigenvalue weighted by Crippen LogP contribution is 2.09. The molecule has 18 heavy (non-hydrogen) atoms. The van der Waals surface area contributed by atoms with Crippen LogP contribution in [0.3, 0.4) is 0 Å². The summed E-state index contributed by atoms with van der Waals surface area (Å²) in [5.74, 6) is -1.59. The summed E-state index contributed by atoms with van der Waals surface area (Å²) in [6, 6.07) is 3.99. The van der Waals surface area contributed by atoms with E-state index in [1.807, 2.05) is 12.2 Å². The average Bonchev–Trinajstić information content (AvgIpc) is 2.37. The van der Waals surface area contributed by atoms with E-state index in [1.54, 1.807) is 13.2 Å². The number of halogens is 2. The molecule has 0 saturated carbocycles. The molecule has 0 fully saturated rings. The van der Waals surface area contributed by atoms with Gasteiger partial charge in [0.1, 0.15) is 0 Å². The molecule has 0 aromatic heterocycles. The minimum absolute atomic E-state index is 0.620. The molecular formula is C14H19F2NO. The Morgan fingerprint density at radius 2 is 2.00 bits per heavy atom. The van der Waals surface area contributed by atoms with Crippen molar-refractivity contribution in [3.05, 3.63) is 47.5 Å². The average molecular weight is 255 g/mol. The van der Waals surface area contributed by atoms with Gasteiger partial charge in [-0.2, -0.15) is 0 Å². The minimum Gasteiger partial charge on any atom is -0.383 e. The van der Waals surface area contributed by atoms with Crippen LogP contribution in [-0.2, 0) is 11.2 Å². The zero-order chi connectivity index (χ0) is 13.2. The fraction of sp³-hybridized carbons (Fsp3) is 0.429. The Balaban J connectivity index is 2.17. The van der Waals surface area contributed by atoms with Crippen molar-refractivity contribution < 1.29 is 13.5 Å². The van der Waals surface area contributed by atoms with Crippen LogP contribution >= 0.6 is 0 Å². The van der Waals surface area contributed by atoms with Crippen molar-refractivity contribution in [1.82, 2.24) is 5.32 Å². The Hall–Kier alpha value is -1.26. The van der Waals surface area contributed by atoms with Gasteiger partial charge in [0.2, 0.25) is 0 Å². The largest absolute Gasteiger partial charge is 0.383 e. The van der Waals surface area contributed by atoms with Crippen molar-refractivity contribution >= 4 is 0 Å². The lowest BCUT2D eigenvalue weighted by Gasteiger charge is -2.01. The number of hydrogen-bond donors (Lipinski definition) is 1. The molecule has 0 heterocycles. The van der Waals surface area contributed by atoms with Crippen LogP contribution in [0.2, 0.25) is 0 Å². The molecule has 1 N–H and O–H groups in total. The van der Waals surface area contributed by atoms with E-state index in [0.29, 0.717) is 13.0 Å². The molecule has 100 valence electrons. The summed E-state index contributed by atoms with van der Waals surface area (Å²) in [6.45, 7) is 2.43. The lowest BCUT2D eigenvalue weighted by atomic mass is 10.1. The van der Waals surface area contributed by atoms with Crippen LogP contribution in [0.5, 0.6) is 0 Å². The molecule has 0 unspecified atom stereocenters. The highest BCUT2D eigenvalue weighted by molar-refractivity contribution is 5.20. The Bertz CT molecular complexity index is 380. The van der Waals surface area contributed by atoms with E-state index in [1.165, 1.54) is 6.07 Å². The number of nitrogens with one attached hydrogen (secondary N) is 1. The number of benzene rings is 1. The van der Waals surface area contributed by atoms with Crippen molar-refractivity contribution in [3.8, 4) is 0 Å². The molecule has 0 amide bonds. The maximum absolute atomic E-state index is 12.9. The molecule has 0 aliphatic rings. The van der Waals surface area contributed by atoms with Crippen LogP contribution in [0, 0.1) is 11.6 Å². The predicted molar refractivity (Wildman–Crippen MR) is 68.6 cm³/mol. The van der Waals surface area contributed by atoms with Crippen LogP contribution in [0.1, 0.15) is 12.0 Å². The highest BCUT2D eigenvalue weighted by Gasteiger charge is 2.00. The van der Waals surface area contributed by atoms with Crippen molar-refractivity contribution in [2.45, 2.75) is 12.8 Å². The summed E-state index contributed by atoms with van der Waals surface area (Å²) in [5.41, 5.74) is 0.775. The SMILES string of the molecule is COCCNCC/C=C/Cc1ccc(F)c(F)c1. The molecule has 0 radical (unpaired) electrons. The van der Waals surface area contributed by atoms with Crippen LogP contribution < -0.4 is 5.32 Å². The van der Waals surface area contributed by atoms with Crippen molar-refractivity contribution in [3.63, 3.8) is 0 Å². The van der Waals surface area contributed by atoms with E-state index in [4.69, 9.17) is 4.74 Å². The van der Waals surface area contributed by atoms with E-state index in [-0.39, 0.29) is 0 Å². The zero-order valence-electron chi connectivity index (χ0n) is 10.6. The molecule has 0 aliphatic heterocycles. The second-order valence-corrected chi connectivity index (χ2v) is 3.96. The molecule has 1 rings (SSSR count).